The monoisotopic (exact) mass is 396 g/mol. The topological polar surface area (TPSA) is 101 Å². The van der Waals surface area contributed by atoms with Crippen LogP contribution in [-0.2, 0) is 21.3 Å². The predicted octanol–water partition coefficient (Wildman–Crippen LogP) is 1.79. The molecule has 0 bridgehead atoms. The number of piperidine rings is 1. The maximum Gasteiger partial charge on any atom is 0.349 e. The van der Waals surface area contributed by atoms with E-state index in [2.05, 4.69) is 24.3 Å². The van der Waals surface area contributed by atoms with Gasteiger partial charge in [-0.1, -0.05) is 0 Å². The number of aromatic nitrogens is 2. The van der Waals surface area contributed by atoms with Crippen molar-refractivity contribution in [3.05, 3.63) is 34.3 Å². The van der Waals surface area contributed by atoms with Gasteiger partial charge in [0.1, 0.15) is 9.77 Å². The molecule has 0 aliphatic carbocycles. The molecular weight excluding hydrogens is 376 g/mol. The number of nitrogens with zero attached hydrogens (tertiary/aromatic N) is 3. The zero-order chi connectivity index (χ0) is 18.6. The van der Waals surface area contributed by atoms with E-state index < -0.39 is 16.0 Å². The lowest BCUT2D eigenvalue weighted by Crippen LogP contribution is -2.31. The molecule has 1 saturated heterocycles. The number of hydrogen-bond acceptors (Lipinski definition) is 8. The van der Waals surface area contributed by atoms with Gasteiger partial charge >= 0.3 is 5.97 Å². The van der Waals surface area contributed by atoms with Crippen molar-refractivity contribution in [1.82, 2.24) is 14.7 Å². The maximum atomic E-state index is 12.5. The van der Waals surface area contributed by atoms with E-state index in [1.807, 2.05) is 0 Å². The van der Waals surface area contributed by atoms with Crippen molar-refractivity contribution in [1.29, 1.82) is 0 Å². The van der Waals surface area contributed by atoms with Gasteiger partial charge in [0.25, 0.3) is 0 Å². The van der Waals surface area contributed by atoms with E-state index >= 15 is 0 Å². The summed E-state index contributed by atoms with van der Waals surface area (Å²) < 4.78 is 32.2. The Balaban J connectivity index is 1.72. The van der Waals surface area contributed by atoms with Crippen molar-refractivity contribution in [2.75, 3.05) is 25.1 Å². The Morgan fingerprint density at radius 1 is 1.31 bits per heavy atom. The molecule has 140 valence electrons. The van der Waals surface area contributed by atoms with E-state index in [9.17, 15) is 13.2 Å². The summed E-state index contributed by atoms with van der Waals surface area (Å²) in [6.45, 7) is 1.83. The van der Waals surface area contributed by atoms with Gasteiger partial charge in [0.05, 0.1) is 19.3 Å². The first kappa shape index (κ1) is 18.7. The second kappa shape index (κ2) is 8.11. The summed E-state index contributed by atoms with van der Waals surface area (Å²) in [5, 5.41) is 1.54. The zero-order valence-electron chi connectivity index (χ0n) is 14.3. The van der Waals surface area contributed by atoms with Crippen molar-refractivity contribution in [2.45, 2.75) is 30.7 Å². The first-order chi connectivity index (χ1) is 12.5. The highest BCUT2D eigenvalue weighted by Crippen LogP contribution is 2.23. The summed E-state index contributed by atoms with van der Waals surface area (Å²) in [6.07, 6.45) is 5.05. The van der Waals surface area contributed by atoms with E-state index in [-0.39, 0.29) is 16.3 Å². The first-order valence-corrected chi connectivity index (χ1v) is 10.6. The number of carbonyl (C=O) groups is 1. The lowest BCUT2D eigenvalue weighted by molar-refractivity contribution is 0.0602. The molecular formula is C16H20N4O4S2. The Morgan fingerprint density at radius 3 is 2.81 bits per heavy atom. The largest absolute Gasteiger partial charge is 0.465 e. The number of thiophene rings is 1. The van der Waals surface area contributed by atoms with Crippen LogP contribution in [0.5, 0.6) is 0 Å². The molecule has 26 heavy (non-hydrogen) atoms. The third-order valence-electron chi connectivity index (χ3n) is 4.07. The van der Waals surface area contributed by atoms with Crippen molar-refractivity contribution >= 4 is 33.3 Å². The Bertz CT molecular complexity index is 876. The lowest BCUT2D eigenvalue weighted by atomic mass is 10.1. The standard InChI is InChI=1S/C16H20N4O4S2/c1-24-15(21)14-13(6-10-25-14)26(22,23)18-11-12-5-7-17-16(19-12)20-8-3-2-4-9-20/h5-7,10,18H,2-4,8-9,11H2,1H3. The molecule has 8 nitrogen and oxygen atoms in total. The van der Waals surface area contributed by atoms with Crippen molar-refractivity contribution in [2.24, 2.45) is 0 Å². The van der Waals surface area contributed by atoms with Gasteiger partial charge in [-0.2, -0.15) is 0 Å². The summed E-state index contributed by atoms with van der Waals surface area (Å²) in [4.78, 5) is 22.5. The summed E-state index contributed by atoms with van der Waals surface area (Å²) >= 11 is 1.03. The molecule has 1 fully saturated rings. The molecule has 3 rings (SSSR count). The van der Waals surface area contributed by atoms with Crippen LogP contribution in [0.2, 0.25) is 0 Å². The van der Waals surface area contributed by atoms with Crippen LogP contribution >= 0.6 is 11.3 Å². The SMILES string of the molecule is COC(=O)c1sccc1S(=O)(=O)NCc1ccnc(N2CCCCC2)n1. The minimum atomic E-state index is -3.85. The number of methoxy groups -OCH3 is 1. The van der Waals surface area contributed by atoms with Crippen LogP contribution in [0.25, 0.3) is 0 Å². The predicted molar refractivity (Wildman–Crippen MR) is 97.8 cm³/mol. The minimum Gasteiger partial charge on any atom is -0.465 e. The summed E-state index contributed by atoms with van der Waals surface area (Å²) in [7, 11) is -2.64. The third-order valence-corrected chi connectivity index (χ3v) is 6.54. The Kier molecular flexibility index (Phi) is 5.84. The quantitative estimate of drug-likeness (QED) is 0.743. The van der Waals surface area contributed by atoms with Crippen molar-refractivity contribution in [3.8, 4) is 0 Å². The van der Waals surface area contributed by atoms with Crippen LogP contribution in [0.4, 0.5) is 5.95 Å². The van der Waals surface area contributed by atoms with Crippen LogP contribution in [0.15, 0.2) is 28.6 Å². The van der Waals surface area contributed by atoms with E-state index in [0.29, 0.717) is 11.6 Å². The molecule has 10 heteroatoms. The molecule has 1 aliphatic heterocycles. The van der Waals surface area contributed by atoms with Crippen LogP contribution in [0, 0.1) is 0 Å². The average Bonchev–Trinajstić information content (AvgIpc) is 3.18. The lowest BCUT2D eigenvalue weighted by Gasteiger charge is -2.26. The minimum absolute atomic E-state index is 0.0160. The van der Waals surface area contributed by atoms with Gasteiger partial charge in [0, 0.05) is 19.3 Å². The number of sulfonamides is 1. The van der Waals surface area contributed by atoms with Crippen LogP contribution < -0.4 is 9.62 Å². The molecule has 0 radical (unpaired) electrons. The third kappa shape index (κ3) is 4.19. The number of anilines is 1. The van der Waals surface area contributed by atoms with Gasteiger partial charge in [-0.3, -0.25) is 0 Å². The highest BCUT2D eigenvalue weighted by Gasteiger charge is 2.24. The fourth-order valence-electron chi connectivity index (χ4n) is 2.73. The Hall–Kier alpha value is -2.04. The second-order valence-electron chi connectivity index (χ2n) is 5.83. The van der Waals surface area contributed by atoms with Gasteiger partial charge in [0.2, 0.25) is 16.0 Å². The molecule has 0 aromatic carbocycles. The van der Waals surface area contributed by atoms with E-state index in [4.69, 9.17) is 0 Å². The summed E-state index contributed by atoms with van der Waals surface area (Å²) in [5.41, 5.74) is 0.569. The molecule has 1 aliphatic rings. The zero-order valence-corrected chi connectivity index (χ0v) is 16.0. The smallest absolute Gasteiger partial charge is 0.349 e. The molecule has 0 amide bonds. The molecule has 0 unspecified atom stereocenters. The number of ether oxygens (including phenoxy) is 1. The van der Waals surface area contributed by atoms with Crippen molar-refractivity contribution < 1.29 is 17.9 Å². The van der Waals surface area contributed by atoms with Gasteiger partial charge in [-0.25, -0.2) is 27.9 Å². The van der Waals surface area contributed by atoms with Crippen LogP contribution in [-0.4, -0.2) is 44.6 Å². The number of hydrogen-bond donors (Lipinski definition) is 1. The Labute approximate surface area is 156 Å². The molecule has 0 spiro atoms. The molecule has 2 aromatic heterocycles. The fraction of sp³-hybridized carbons (Fsp3) is 0.438. The summed E-state index contributed by atoms with van der Waals surface area (Å²) in [6, 6.07) is 3.06. The molecule has 1 N–H and O–H groups in total. The first-order valence-electron chi connectivity index (χ1n) is 8.23. The van der Waals surface area contributed by atoms with Gasteiger partial charge in [0.15, 0.2) is 0 Å². The van der Waals surface area contributed by atoms with Crippen LogP contribution in [0.3, 0.4) is 0 Å². The van der Waals surface area contributed by atoms with Gasteiger partial charge in [-0.05, 0) is 36.8 Å². The molecule has 0 saturated carbocycles. The number of esters is 1. The second-order valence-corrected chi connectivity index (χ2v) is 8.48. The molecule has 3 heterocycles. The average molecular weight is 396 g/mol. The molecule has 0 atom stereocenters. The highest BCUT2D eigenvalue weighted by atomic mass is 32.2. The van der Waals surface area contributed by atoms with Gasteiger partial charge < -0.3 is 9.64 Å². The van der Waals surface area contributed by atoms with E-state index in [1.54, 1.807) is 17.6 Å². The summed E-state index contributed by atoms with van der Waals surface area (Å²) in [5.74, 6) is -0.0537. The Morgan fingerprint density at radius 2 is 2.08 bits per heavy atom. The molecule has 2 aromatic rings. The number of rotatable bonds is 6. The fourth-order valence-corrected chi connectivity index (χ4v) is 5.06. The van der Waals surface area contributed by atoms with Gasteiger partial charge in [-0.15, -0.1) is 11.3 Å². The number of nitrogens with one attached hydrogen (secondary N) is 1. The van der Waals surface area contributed by atoms with Crippen LogP contribution in [0.1, 0.15) is 34.6 Å². The number of carbonyl (C=O) groups excluding carboxylic acids is 1. The van der Waals surface area contributed by atoms with E-state index in [1.165, 1.54) is 19.6 Å². The van der Waals surface area contributed by atoms with Crippen molar-refractivity contribution in [3.63, 3.8) is 0 Å². The highest BCUT2D eigenvalue weighted by molar-refractivity contribution is 7.89. The maximum absolute atomic E-state index is 12.5. The normalized spacial score (nSPS) is 15.0. The van der Waals surface area contributed by atoms with E-state index in [0.717, 1.165) is 37.3 Å².